The van der Waals surface area contributed by atoms with Gasteiger partial charge in [0.25, 0.3) is 0 Å². The molecule has 0 unspecified atom stereocenters. The van der Waals surface area contributed by atoms with Crippen LogP contribution in [0.3, 0.4) is 0 Å². The highest BCUT2D eigenvalue weighted by Gasteiger charge is 2.16. The highest BCUT2D eigenvalue weighted by atomic mass is 32.2. The van der Waals surface area contributed by atoms with Crippen LogP contribution in [0, 0.1) is 0 Å². The summed E-state index contributed by atoms with van der Waals surface area (Å²) in [6, 6.07) is 16.8. The van der Waals surface area contributed by atoms with Crippen molar-refractivity contribution < 1.29 is 19.4 Å². The summed E-state index contributed by atoms with van der Waals surface area (Å²) in [6.45, 7) is 0.204. The van der Waals surface area contributed by atoms with Crippen molar-refractivity contribution in [3.8, 4) is 0 Å². The molecule has 3 aromatic rings. The van der Waals surface area contributed by atoms with Crippen molar-refractivity contribution in [1.82, 2.24) is 9.97 Å². The van der Waals surface area contributed by atoms with Crippen LogP contribution in [-0.4, -0.2) is 39.6 Å². The van der Waals surface area contributed by atoms with E-state index in [1.54, 1.807) is 12.1 Å². The maximum Gasteiger partial charge on any atom is 0.411 e. The summed E-state index contributed by atoms with van der Waals surface area (Å²) < 4.78 is 5.23. The molecule has 0 fully saturated rings. The molecule has 0 spiro atoms. The summed E-state index contributed by atoms with van der Waals surface area (Å²) in [5.41, 5.74) is 3.16. The van der Waals surface area contributed by atoms with Crippen LogP contribution in [-0.2, 0) is 29.0 Å². The van der Waals surface area contributed by atoms with Crippen molar-refractivity contribution in [3.63, 3.8) is 0 Å². The number of carboxylic acid groups (broad SMARTS) is 1. The molecule has 1 heterocycles. The summed E-state index contributed by atoms with van der Waals surface area (Å²) in [5.74, 6) is -0.284. The van der Waals surface area contributed by atoms with E-state index in [2.05, 4.69) is 15.3 Å². The molecule has 0 radical (unpaired) electrons. The van der Waals surface area contributed by atoms with E-state index in [9.17, 15) is 14.7 Å². The normalized spacial score (nSPS) is 10.6. The molecule has 9 heteroatoms. The third kappa shape index (κ3) is 6.73. The first-order chi connectivity index (χ1) is 15.5. The molecule has 3 rings (SSSR count). The fourth-order valence-electron chi connectivity index (χ4n) is 2.97. The number of hydrogen-bond donors (Lipinski definition) is 2. The molecule has 7 nitrogen and oxygen atoms in total. The highest BCUT2D eigenvalue weighted by Crippen LogP contribution is 2.28. The minimum Gasteiger partial charge on any atom is -0.481 e. The smallest absolute Gasteiger partial charge is 0.411 e. The number of amides is 1. The first-order valence-corrected chi connectivity index (χ1v) is 12.2. The molecule has 0 atom stereocenters. The van der Waals surface area contributed by atoms with Gasteiger partial charge >= 0.3 is 12.1 Å². The van der Waals surface area contributed by atoms with E-state index in [1.165, 1.54) is 23.5 Å². The van der Waals surface area contributed by atoms with Crippen LogP contribution in [0.1, 0.15) is 22.5 Å². The molecule has 0 aliphatic heterocycles. The van der Waals surface area contributed by atoms with Gasteiger partial charge in [-0.2, -0.15) is 0 Å². The molecule has 2 N–H and O–H groups in total. The summed E-state index contributed by atoms with van der Waals surface area (Å²) in [6.07, 6.45) is 3.62. The summed E-state index contributed by atoms with van der Waals surface area (Å²) in [5, 5.41) is 13.3. The second-order valence-electron chi connectivity index (χ2n) is 6.77. The molecular weight excluding hydrogens is 446 g/mol. The molecule has 0 saturated carbocycles. The molecule has 32 heavy (non-hydrogen) atoms. The Hall–Kier alpha value is -3.04. The topological polar surface area (TPSA) is 101 Å². The van der Waals surface area contributed by atoms with Gasteiger partial charge in [-0.25, -0.2) is 14.8 Å². The number of benzene rings is 2. The second-order valence-corrected chi connectivity index (χ2v) is 8.36. The van der Waals surface area contributed by atoms with Gasteiger partial charge in [0.1, 0.15) is 22.5 Å². The number of carbonyl (C=O) groups is 2. The van der Waals surface area contributed by atoms with Gasteiger partial charge in [-0.15, -0.1) is 23.5 Å². The number of carbonyl (C=O) groups excluding carboxylic acids is 1. The zero-order valence-electron chi connectivity index (χ0n) is 17.7. The van der Waals surface area contributed by atoms with Crippen LogP contribution in [0.15, 0.2) is 64.6 Å². The number of thioether (sulfide) groups is 2. The number of aliphatic carboxylic acids is 1. The van der Waals surface area contributed by atoms with E-state index in [1.807, 2.05) is 55.0 Å². The lowest BCUT2D eigenvalue weighted by molar-refractivity contribution is -0.136. The van der Waals surface area contributed by atoms with Crippen LogP contribution in [0.4, 0.5) is 10.5 Å². The fraction of sp³-hybridized carbons (Fsp3) is 0.217. The monoisotopic (exact) mass is 469 g/mol. The molecular formula is C23H23N3O4S2. The first-order valence-electron chi connectivity index (χ1n) is 9.74. The molecule has 0 aliphatic carbocycles. The Bertz CT molecular complexity index is 1050. The Morgan fingerprint density at radius 1 is 0.938 bits per heavy atom. The predicted molar refractivity (Wildman–Crippen MR) is 126 cm³/mol. The number of ether oxygens (including phenoxy) is 1. The van der Waals surface area contributed by atoms with Gasteiger partial charge in [0, 0.05) is 17.7 Å². The molecule has 1 amide bonds. The largest absolute Gasteiger partial charge is 0.481 e. The summed E-state index contributed by atoms with van der Waals surface area (Å²) in [4.78, 5) is 32.3. The van der Waals surface area contributed by atoms with Gasteiger partial charge in [0.05, 0.1) is 6.42 Å². The average molecular weight is 470 g/mol. The quantitative estimate of drug-likeness (QED) is 0.337. The van der Waals surface area contributed by atoms with Gasteiger partial charge in [0.15, 0.2) is 0 Å². The third-order valence-electron chi connectivity index (χ3n) is 4.47. The molecule has 2 aromatic carbocycles. The van der Waals surface area contributed by atoms with Crippen LogP contribution in [0.5, 0.6) is 0 Å². The van der Waals surface area contributed by atoms with Crippen molar-refractivity contribution in [2.45, 2.75) is 29.5 Å². The third-order valence-corrected chi connectivity index (χ3v) is 5.92. The van der Waals surface area contributed by atoms with Gasteiger partial charge in [-0.3, -0.25) is 10.1 Å². The van der Waals surface area contributed by atoms with Crippen molar-refractivity contribution in [2.24, 2.45) is 0 Å². The van der Waals surface area contributed by atoms with Crippen LogP contribution < -0.4 is 5.32 Å². The zero-order valence-corrected chi connectivity index (χ0v) is 19.3. The molecule has 0 bridgehead atoms. The summed E-state index contributed by atoms with van der Waals surface area (Å²) >= 11 is 2.83. The van der Waals surface area contributed by atoms with Crippen LogP contribution >= 0.6 is 23.5 Å². The standard InChI is InChI=1S/C23H23N3O4S2/c1-31-21-18(13-20(27)28)22(32-2)26-19(25-21)12-15-8-10-17(11-9-15)24-23(29)30-14-16-6-4-3-5-7-16/h3-11H,12-14H2,1-2H3,(H,24,29)(H,27,28). The Morgan fingerprint density at radius 3 is 2.12 bits per heavy atom. The van der Waals surface area contributed by atoms with Crippen LogP contribution in [0.2, 0.25) is 0 Å². The Kier molecular flexibility index (Phi) is 8.52. The number of rotatable bonds is 9. The maximum atomic E-state index is 12.0. The van der Waals surface area contributed by atoms with E-state index >= 15 is 0 Å². The van der Waals surface area contributed by atoms with Crippen molar-refractivity contribution in [1.29, 1.82) is 0 Å². The Labute approximate surface area is 195 Å². The minimum atomic E-state index is -0.905. The first kappa shape index (κ1) is 23.6. The second kappa shape index (κ2) is 11.5. The molecule has 0 aliphatic rings. The van der Waals surface area contributed by atoms with E-state index in [4.69, 9.17) is 4.74 Å². The lowest BCUT2D eigenvalue weighted by Gasteiger charge is -2.12. The van der Waals surface area contributed by atoms with E-state index in [-0.39, 0.29) is 13.0 Å². The number of hydrogen-bond acceptors (Lipinski definition) is 7. The zero-order chi connectivity index (χ0) is 22.9. The predicted octanol–water partition coefficient (Wildman–Crippen LogP) is 4.89. The van der Waals surface area contributed by atoms with E-state index < -0.39 is 12.1 Å². The lowest BCUT2D eigenvalue weighted by atomic mass is 10.1. The fourth-order valence-corrected chi connectivity index (χ4v) is 4.26. The van der Waals surface area contributed by atoms with Crippen LogP contribution in [0.25, 0.3) is 0 Å². The number of nitrogens with one attached hydrogen (secondary N) is 1. The number of anilines is 1. The van der Waals surface area contributed by atoms with Crippen molar-refractivity contribution >= 4 is 41.3 Å². The van der Waals surface area contributed by atoms with Crippen molar-refractivity contribution in [2.75, 3.05) is 17.8 Å². The van der Waals surface area contributed by atoms with Gasteiger partial charge in [0.2, 0.25) is 0 Å². The van der Waals surface area contributed by atoms with Gasteiger partial charge in [-0.05, 0) is 35.8 Å². The molecule has 1 aromatic heterocycles. The highest BCUT2D eigenvalue weighted by molar-refractivity contribution is 7.99. The maximum absolute atomic E-state index is 12.0. The SMILES string of the molecule is CSc1nc(Cc2ccc(NC(=O)OCc3ccccc3)cc2)nc(SC)c1CC(=O)O. The van der Waals surface area contributed by atoms with Gasteiger partial charge < -0.3 is 9.84 Å². The van der Waals surface area contributed by atoms with E-state index in [0.29, 0.717) is 33.5 Å². The Balaban J connectivity index is 1.63. The number of carboxylic acids is 1. The molecule has 166 valence electrons. The number of aromatic nitrogens is 2. The average Bonchev–Trinajstić information content (AvgIpc) is 2.80. The Morgan fingerprint density at radius 2 is 1.56 bits per heavy atom. The lowest BCUT2D eigenvalue weighted by Crippen LogP contribution is -2.13. The summed E-state index contributed by atoms with van der Waals surface area (Å²) in [7, 11) is 0. The minimum absolute atomic E-state index is 0.104. The molecule has 0 saturated heterocycles. The number of nitrogens with zero attached hydrogens (tertiary/aromatic N) is 2. The van der Waals surface area contributed by atoms with Crippen molar-refractivity contribution in [3.05, 3.63) is 77.1 Å². The van der Waals surface area contributed by atoms with Gasteiger partial charge in [-0.1, -0.05) is 42.5 Å². The van der Waals surface area contributed by atoms with E-state index in [0.717, 1.165) is 11.1 Å².